The number of hydrogen-bond acceptors (Lipinski definition) is 5. The number of ether oxygens (including phenoxy) is 2. The van der Waals surface area contributed by atoms with Crippen LogP contribution >= 0.6 is 0 Å². The monoisotopic (exact) mass is 428 g/mol. The second-order valence-electron chi connectivity index (χ2n) is 6.46. The molecule has 2 aromatic carbocycles. The van der Waals surface area contributed by atoms with E-state index in [1.807, 2.05) is 25.1 Å². The average molecular weight is 429 g/mol. The van der Waals surface area contributed by atoms with Crippen LogP contribution in [0.3, 0.4) is 0 Å². The van der Waals surface area contributed by atoms with E-state index in [1.54, 1.807) is 36.4 Å². The lowest BCUT2D eigenvalue weighted by atomic mass is 10.2. The number of hydrogen-bond donors (Lipinski definition) is 1. The molecule has 8 heteroatoms. The van der Waals surface area contributed by atoms with Crippen molar-refractivity contribution in [2.24, 2.45) is 0 Å². The summed E-state index contributed by atoms with van der Waals surface area (Å²) >= 11 is 0. The molecule has 0 unspecified atom stereocenters. The highest BCUT2D eigenvalue weighted by molar-refractivity contribution is 7.89. The van der Waals surface area contributed by atoms with Gasteiger partial charge in [-0.2, -0.15) is 4.31 Å². The number of allylic oxidation sites excluding steroid dienone is 3. The molecular weight excluding hydrogens is 404 g/mol. The number of rotatable bonds is 7. The Kier molecular flexibility index (Phi) is 7.40. The van der Waals surface area contributed by atoms with E-state index in [2.05, 4.69) is 5.32 Å². The second kappa shape index (κ2) is 10.2. The van der Waals surface area contributed by atoms with Crippen molar-refractivity contribution >= 4 is 21.6 Å². The van der Waals surface area contributed by atoms with Crippen molar-refractivity contribution in [3.8, 4) is 11.5 Å². The Labute approximate surface area is 176 Å². The largest absolute Gasteiger partial charge is 0.455 e. The molecule has 0 bridgehead atoms. The van der Waals surface area contributed by atoms with E-state index in [0.717, 1.165) is 0 Å². The van der Waals surface area contributed by atoms with E-state index in [0.29, 0.717) is 37.8 Å². The summed E-state index contributed by atoms with van der Waals surface area (Å²) in [6, 6.07) is 13.5. The minimum Gasteiger partial charge on any atom is -0.455 e. The number of carbonyl (C=O) groups excluding carboxylic acids is 1. The van der Waals surface area contributed by atoms with Crippen LogP contribution in [0.25, 0.3) is 0 Å². The summed E-state index contributed by atoms with van der Waals surface area (Å²) in [5.74, 6) is 0.517. The van der Waals surface area contributed by atoms with Gasteiger partial charge >= 0.3 is 0 Å². The quantitative estimate of drug-likeness (QED) is 0.538. The summed E-state index contributed by atoms with van der Waals surface area (Å²) in [6.45, 7) is 3.13. The molecular formula is C22H24N2O5S. The number of amides is 1. The van der Waals surface area contributed by atoms with Crippen molar-refractivity contribution in [2.75, 3.05) is 31.6 Å². The Morgan fingerprint density at radius 3 is 2.53 bits per heavy atom. The molecule has 1 saturated heterocycles. The van der Waals surface area contributed by atoms with Crippen molar-refractivity contribution in [3.05, 3.63) is 72.8 Å². The normalized spacial score (nSPS) is 15.5. The van der Waals surface area contributed by atoms with Gasteiger partial charge in [0.15, 0.2) is 5.75 Å². The topological polar surface area (TPSA) is 84.9 Å². The fourth-order valence-electron chi connectivity index (χ4n) is 2.84. The molecule has 0 saturated carbocycles. The lowest BCUT2D eigenvalue weighted by Gasteiger charge is -2.26. The standard InChI is InChI=1S/C22H24N2O5S/c1-2-3-5-10-22(25)23-20-17-19(30(26,27)24-13-15-28-16-14-24)11-12-21(20)29-18-8-6-4-7-9-18/h2-12,17H,13-16H2,1H3,(H,23,25)/b3-2+,10-5+. The number of morpholine rings is 1. The average Bonchev–Trinajstić information content (AvgIpc) is 2.76. The van der Waals surface area contributed by atoms with E-state index >= 15 is 0 Å². The predicted octanol–water partition coefficient (Wildman–Crippen LogP) is 3.57. The zero-order chi connectivity index (χ0) is 21.4. The molecule has 1 fully saturated rings. The summed E-state index contributed by atoms with van der Waals surface area (Å²) in [5, 5.41) is 2.71. The molecule has 1 amide bonds. The molecule has 7 nitrogen and oxygen atoms in total. The number of nitrogens with zero attached hydrogens (tertiary/aromatic N) is 1. The summed E-state index contributed by atoms with van der Waals surface area (Å²) in [5.41, 5.74) is 0.267. The first-order valence-corrected chi connectivity index (χ1v) is 11.0. The molecule has 1 aliphatic heterocycles. The number of sulfonamides is 1. The summed E-state index contributed by atoms with van der Waals surface area (Å²) in [7, 11) is -3.71. The van der Waals surface area contributed by atoms with E-state index < -0.39 is 15.9 Å². The maximum atomic E-state index is 13.0. The zero-order valence-corrected chi connectivity index (χ0v) is 17.5. The molecule has 0 atom stereocenters. The van der Waals surface area contributed by atoms with Crippen LogP contribution in [0.2, 0.25) is 0 Å². The Balaban J connectivity index is 1.93. The van der Waals surface area contributed by atoms with Gasteiger partial charge in [0.05, 0.1) is 23.8 Å². The lowest BCUT2D eigenvalue weighted by molar-refractivity contribution is -0.111. The first-order chi connectivity index (χ1) is 14.5. The molecule has 0 radical (unpaired) electrons. The number of para-hydroxylation sites is 1. The molecule has 3 rings (SSSR count). The molecule has 30 heavy (non-hydrogen) atoms. The third-order valence-electron chi connectivity index (χ3n) is 4.34. The van der Waals surface area contributed by atoms with E-state index in [-0.39, 0.29) is 10.6 Å². The van der Waals surface area contributed by atoms with Crippen LogP contribution in [0.1, 0.15) is 6.92 Å². The van der Waals surface area contributed by atoms with Crippen LogP contribution in [-0.4, -0.2) is 44.9 Å². The van der Waals surface area contributed by atoms with Crippen LogP contribution < -0.4 is 10.1 Å². The predicted molar refractivity (Wildman–Crippen MR) is 115 cm³/mol. The van der Waals surface area contributed by atoms with Crippen LogP contribution in [0.5, 0.6) is 11.5 Å². The molecule has 0 aromatic heterocycles. The van der Waals surface area contributed by atoms with Gasteiger partial charge in [0.25, 0.3) is 0 Å². The van der Waals surface area contributed by atoms with Crippen molar-refractivity contribution < 1.29 is 22.7 Å². The van der Waals surface area contributed by atoms with E-state index in [9.17, 15) is 13.2 Å². The van der Waals surface area contributed by atoms with Gasteiger partial charge in [0, 0.05) is 19.2 Å². The molecule has 0 aliphatic carbocycles. The Morgan fingerprint density at radius 2 is 1.83 bits per heavy atom. The fraction of sp³-hybridized carbons (Fsp3) is 0.227. The third-order valence-corrected chi connectivity index (χ3v) is 6.23. The maximum Gasteiger partial charge on any atom is 0.248 e. The Hall–Kier alpha value is -2.94. The van der Waals surface area contributed by atoms with Gasteiger partial charge in [-0.15, -0.1) is 0 Å². The minimum atomic E-state index is -3.71. The van der Waals surface area contributed by atoms with Crippen LogP contribution in [0.15, 0.2) is 77.7 Å². The van der Waals surface area contributed by atoms with Crippen LogP contribution in [0, 0.1) is 0 Å². The number of benzene rings is 2. The van der Waals surface area contributed by atoms with Gasteiger partial charge in [-0.3, -0.25) is 4.79 Å². The number of nitrogens with one attached hydrogen (secondary N) is 1. The van der Waals surface area contributed by atoms with Gasteiger partial charge in [-0.05, 0) is 37.3 Å². The number of carbonyl (C=O) groups is 1. The Morgan fingerprint density at radius 1 is 1.10 bits per heavy atom. The zero-order valence-electron chi connectivity index (χ0n) is 16.7. The van der Waals surface area contributed by atoms with Crippen molar-refractivity contribution in [3.63, 3.8) is 0 Å². The molecule has 158 valence electrons. The van der Waals surface area contributed by atoms with E-state index in [4.69, 9.17) is 9.47 Å². The first-order valence-electron chi connectivity index (χ1n) is 9.56. The highest BCUT2D eigenvalue weighted by Gasteiger charge is 2.27. The lowest BCUT2D eigenvalue weighted by Crippen LogP contribution is -2.40. The SMILES string of the molecule is C/C=C/C=C/C(=O)Nc1cc(S(=O)(=O)N2CCOCC2)ccc1Oc1ccccc1. The van der Waals surface area contributed by atoms with E-state index in [1.165, 1.54) is 22.5 Å². The fourth-order valence-corrected chi connectivity index (χ4v) is 4.27. The minimum absolute atomic E-state index is 0.0811. The van der Waals surface area contributed by atoms with Gasteiger partial charge in [0.1, 0.15) is 5.75 Å². The van der Waals surface area contributed by atoms with Crippen molar-refractivity contribution in [1.82, 2.24) is 4.31 Å². The van der Waals surface area contributed by atoms with Gasteiger partial charge in [0.2, 0.25) is 15.9 Å². The van der Waals surface area contributed by atoms with Crippen molar-refractivity contribution in [2.45, 2.75) is 11.8 Å². The third kappa shape index (κ3) is 5.56. The van der Waals surface area contributed by atoms with Gasteiger partial charge in [-0.25, -0.2) is 8.42 Å². The smallest absolute Gasteiger partial charge is 0.248 e. The van der Waals surface area contributed by atoms with Gasteiger partial charge < -0.3 is 14.8 Å². The molecule has 2 aromatic rings. The maximum absolute atomic E-state index is 13.0. The molecule has 1 N–H and O–H groups in total. The summed E-state index contributed by atoms with van der Waals surface area (Å²) in [4.78, 5) is 12.4. The van der Waals surface area contributed by atoms with Crippen LogP contribution in [-0.2, 0) is 19.6 Å². The van der Waals surface area contributed by atoms with Gasteiger partial charge in [-0.1, -0.05) is 36.4 Å². The molecule has 1 aliphatic rings. The number of anilines is 1. The summed E-state index contributed by atoms with van der Waals surface area (Å²) < 4.78 is 38.5. The second-order valence-corrected chi connectivity index (χ2v) is 8.40. The Bertz CT molecular complexity index is 1030. The summed E-state index contributed by atoms with van der Waals surface area (Å²) in [6.07, 6.45) is 6.47. The first kappa shape index (κ1) is 21.8. The van der Waals surface area contributed by atoms with Crippen LogP contribution in [0.4, 0.5) is 5.69 Å². The molecule has 0 spiro atoms. The highest BCUT2D eigenvalue weighted by Crippen LogP contribution is 2.33. The highest BCUT2D eigenvalue weighted by atomic mass is 32.2. The molecule has 1 heterocycles. The van der Waals surface area contributed by atoms with Crippen molar-refractivity contribution in [1.29, 1.82) is 0 Å².